The Morgan fingerprint density at radius 2 is 1.96 bits per heavy atom. The minimum absolute atomic E-state index is 0.123. The van der Waals surface area contributed by atoms with Crippen LogP contribution in [0.2, 0.25) is 0 Å². The molecule has 3 aromatic rings. The molecule has 0 radical (unpaired) electrons. The Bertz CT molecular complexity index is 1030. The number of benzene rings is 1. The van der Waals surface area contributed by atoms with Gasteiger partial charge < -0.3 is 10.6 Å². The smallest absolute Gasteiger partial charge is 0.324 e. The second kappa shape index (κ2) is 6.56. The van der Waals surface area contributed by atoms with Crippen LogP contribution in [0.3, 0.4) is 0 Å². The summed E-state index contributed by atoms with van der Waals surface area (Å²) < 4.78 is 1.77. The zero-order chi connectivity index (χ0) is 19.3. The molecule has 2 aliphatic rings. The van der Waals surface area contributed by atoms with E-state index in [1.807, 2.05) is 42.5 Å². The van der Waals surface area contributed by atoms with E-state index in [1.54, 1.807) is 10.9 Å². The number of piperidine rings is 1. The van der Waals surface area contributed by atoms with Gasteiger partial charge in [0, 0.05) is 48.5 Å². The lowest BCUT2D eigenvalue weighted by atomic mass is 9.99. The van der Waals surface area contributed by atoms with Gasteiger partial charge in [0.2, 0.25) is 5.95 Å². The summed E-state index contributed by atoms with van der Waals surface area (Å²) in [5.74, 6) is 0.329. The lowest BCUT2D eigenvalue weighted by Gasteiger charge is -2.37. The van der Waals surface area contributed by atoms with Gasteiger partial charge in [-0.3, -0.25) is 10.00 Å². The van der Waals surface area contributed by atoms with Crippen LogP contribution in [-0.2, 0) is 7.05 Å². The first-order valence-corrected chi connectivity index (χ1v) is 9.67. The van der Waals surface area contributed by atoms with Crippen molar-refractivity contribution in [3.05, 3.63) is 36.8 Å². The summed E-state index contributed by atoms with van der Waals surface area (Å²) in [4.78, 5) is 23.7. The van der Waals surface area contributed by atoms with E-state index in [0.29, 0.717) is 5.95 Å². The lowest BCUT2D eigenvalue weighted by Crippen LogP contribution is -2.51. The van der Waals surface area contributed by atoms with Crippen molar-refractivity contribution in [1.82, 2.24) is 24.6 Å². The molecule has 1 aromatic carbocycles. The van der Waals surface area contributed by atoms with Gasteiger partial charge in [0.05, 0.1) is 11.7 Å². The summed E-state index contributed by atoms with van der Waals surface area (Å²) in [6.45, 7) is 0. The van der Waals surface area contributed by atoms with Crippen LogP contribution >= 0.6 is 0 Å². The molecule has 0 saturated carbocycles. The molecular weight excluding hydrogens is 354 g/mol. The van der Waals surface area contributed by atoms with Crippen LogP contribution in [0.1, 0.15) is 25.7 Å². The van der Waals surface area contributed by atoms with Crippen LogP contribution in [0.25, 0.3) is 22.0 Å². The van der Waals surface area contributed by atoms with Crippen molar-refractivity contribution >= 4 is 22.9 Å². The third-order valence-corrected chi connectivity index (χ3v) is 5.84. The monoisotopic (exact) mass is 377 g/mol. The molecule has 3 atom stereocenters. The number of hydrogen-bond acceptors (Lipinski definition) is 5. The lowest BCUT2D eigenvalue weighted by molar-refractivity contribution is 0.150. The van der Waals surface area contributed by atoms with Gasteiger partial charge in [-0.15, -0.1) is 0 Å². The molecule has 2 aliphatic heterocycles. The van der Waals surface area contributed by atoms with Gasteiger partial charge in [-0.1, -0.05) is 12.1 Å². The van der Waals surface area contributed by atoms with Gasteiger partial charge in [-0.25, -0.2) is 14.8 Å². The molecule has 2 unspecified atom stereocenters. The second-order valence-corrected chi connectivity index (χ2v) is 7.82. The summed E-state index contributed by atoms with van der Waals surface area (Å²) in [5, 5.41) is 8.04. The highest BCUT2D eigenvalue weighted by Crippen LogP contribution is 2.35. The number of carbonyl (C=O) groups excluding carboxylic acids is 1. The molecule has 2 aromatic heterocycles. The number of hydrogen-bond donors (Lipinski definition) is 2. The number of aryl methyl sites for hydroxylation is 1. The zero-order valence-electron chi connectivity index (χ0n) is 15.7. The molecule has 3 N–H and O–H groups in total. The molecule has 0 spiro atoms. The van der Waals surface area contributed by atoms with E-state index in [9.17, 15) is 4.79 Å². The van der Waals surface area contributed by atoms with E-state index in [0.717, 1.165) is 47.7 Å². The number of urea groups is 1. The van der Waals surface area contributed by atoms with Gasteiger partial charge in [-0.05, 0) is 37.3 Å². The second-order valence-electron chi connectivity index (χ2n) is 7.82. The molecule has 2 bridgehead atoms. The van der Waals surface area contributed by atoms with Gasteiger partial charge >= 0.3 is 6.03 Å². The fraction of sp³-hybridized carbons (Fsp3) is 0.400. The number of amides is 2. The summed E-state index contributed by atoms with van der Waals surface area (Å²) in [6, 6.07) is 6.53. The highest BCUT2D eigenvalue weighted by Gasteiger charge is 2.42. The maximum absolute atomic E-state index is 12.8. The Balaban J connectivity index is 1.39. The topological polar surface area (TPSA) is 102 Å². The fourth-order valence-corrected chi connectivity index (χ4v) is 4.54. The number of rotatable bonds is 2. The molecule has 2 fully saturated rings. The van der Waals surface area contributed by atoms with E-state index < -0.39 is 0 Å². The van der Waals surface area contributed by atoms with Crippen molar-refractivity contribution in [3.63, 3.8) is 0 Å². The molecule has 4 heterocycles. The average Bonchev–Trinajstić information content (AvgIpc) is 3.22. The summed E-state index contributed by atoms with van der Waals surface area (Å²) >= 11 is 0. The number of fused-ring (bicyclic) bond motifs is 3. The summed E-state index contributed by atoms with van der Waals surface area (Å²) in [7, 11) is 1.89. The van der Waals surface area contributed by atoms with Gasteiger partial charge in [0.15, 0.2) is 0 Å². The number of anilines is 1. The molecule has 0 aliphatic carbocycles. The zero-order valence-corrected chi connectivity index (χ0v) is 15.7. The summed E-state index contributed by atoms with van der Waals surface area (Å²) in [6.07, 6.45) is 9.32. The third kappa shape index (κ3) is 2.99. The normalized spacial score (nSPS) is 23.9. The largest absolute Gasteiger partial charge is 0.328 e. The van der Waals surface area contributed by atoms with Crippen molar-refractivity contribution in [1.29, 1.82) is 0 Å². The number of nitrogens with zero attached hydrogens (tertiary/aromatic N) is 5. The van der Waals surface area contributed by atoms with Crippen LogP contribution in [0.15, 0.2) is 36.8 Å². The minimum atomic E-state index is -0.123. The van der Waals surface area contributed by atoms with Gasteiger partial charge in [0.25, 0.3) is 0 Å². The number of aromatic nitrogens is 4. The standard InChI is InChI=1S/C20H23N7O/c1-26-11-14(10-23-26)12-2-3-13-9-22-19(24-18(13)6-12)25-20(28)27-16-4-5-17(27)8-15(21)7-16/h2-3,6,9-11,15-17H,4-5,7-8,21H2,1H3,(H,22,24,25,28)/t15?,16-,17?/m0/s1. The summed E-state index contributed by atoms with van der Waals surface area (Å²) in [5.41, 5.74) is 8.95. The Kier molecular flexibility index (Phi) is 4.01. The number of carbonyl (C=O) groups is 1. The highest BCUT2D eigenvalue weighted by atomic mass is 16.2. The van der Waals surface area contributed by atoms with Gasteiger partial charge in [-0.2, -0.15) is 5.10 Å². The molecule has 144 valence electrons. The first-order chi connectivity index (χ1) is 13.6. The number of nitrogens with one attached hydrogen (secondary N) is 1. The average molecular weight is 377 g/mol. The molecule has 2 saturated heterocycles. The first-order valence-electron chi connectivity index (χ1n) is 9.67. The van der Waals surface area contributed by atoms with Gasteiger partial charge in [0.1, 0.15) is 0 Å². The quantitative estimate of drug-likeness (QED) is 0.714. The third-order valence-electron chi connectivity index (χ3n) is 5.84. The van der Waals surface area contributed by atoms with Crippen LogP contribution in [0, 0.1) is 0 Å². The van der Waals surface area contributed by atoms with Crippen LogP contribution in [0.4, 0.5) is 10.7 Å². The Labute approximate surface area is 162 Å². The molecule has 2 amide bonds. The van der Waals surface area contributed by atoms with E-state index in [1.165, 1.54) is 0 Å². The van der Waals surface area contributed by atoms with Crippen LogP contribution < -0.4 is 11.1 Å². The maximum atomic E-state index is 12.8. The maximum Gasteiger partial charge on any atom is 0.324 e. The van der Waals surface area contributed by atoms with Crippen LogP contribution in [-0.4, -0.2) is 48.8 Å². The Hall–Kier alpha value is -3.00. The van der Waals surface area contributed by atoms with Crippen molar-refractivity contribution < 1.29 is 4.79 Å². The first kappa shape index (κ1) is 17.1. The Morgan fingerprint density at radius 3 is 2.68 bits per heavy atom. The predicted octanol–water partition coefficient (Wildman–Crippen LogP) is 2.52. The van der Waals surface area contributed by atoms with Crippen LogP contribution in [0.5, 0.6) is 0 Å². The van der Waals surface area contributed by atoms with Crippen molar-refractivity contribution in [2.75, 3.05) is 5.32 Å². The Morgan fingerprint density at radius 1 is 1.18 bits per heavy atom. The van der Waals surface area contributed by atoms with E-state index in [-0.39, 0.29) is 24.2 Å². The van der Waals surface area contributed by atoms with E-state index in [2.05, 4.69) is 20.4 Å². The predicted molar refractivity (Wildman–Crippen MR) is 107 cm³/mol. The minimum Gasteiger partial charge on any atom is -0.328 e. The SMILES string of the molecule is Cn1cc(-c2ccc3cnc(NC(=O)N4C5CC[C@H]4CC(N)C5)nc3c2)cn1. The van der Waals surface area contributed by atoms with E-state index in [4.69, 9.17) is 5.73 Å². The molecule has 8 heteroatoms. The fourth-order valence-electron chi connectivity index (χ4n) is 4.54. The molecule has 5 rings (SSSR count). The van der Waals surface area contributed by atoms with E-state index >= 15 is 0 Å². The van der Waals surface area contributed by atoms with Crippen molar-refractivity contribution in [2.45, 2.75) is 43.8 Å². The molecule has 8 nitrogen and oxygen atoms in total. The molecular formula is C20H23N7O. The van der Waals surface area contributed by atoms with Crippen molar-refractivity contribution in [2.24, 2.45) is 12.8 Å². The van der Waals surface area contributed by atoms with Crippen molar-refractivity contribution in [3.8, 4) is 11.1 Å². The molecule has 28 heavy (non-hydrogen) atoms. The number of nitrogens with two attached hydrogens (primary N) is 1. The highest BCUT2D eigenvalue weighted by molar-refractivity contribution is 5.90.